The smallest absolute Gasteiger partial charge is 0.508 e. The number of carboxylic acid groups (broad SMARTS) is 1. The second-order valence-electron chi connectivity index (χ2n) is 9.63. The van der Waals surface area contributed by atoms with Crippen molar-refractivity contribution in [3.8, 4) is 11.5 Å². The van der Waals surface area contributed by atoms with E-state index in [4.69, 9.17) is 5.11 Å². The van der Waals surface area contributed by atoms with Gasteiger partial charge in [-0.3, -0.25) is 28.9 Å². The predicted molar refractivity (Wildman–Crippen MR) is 128 cm³/mol. The lowest BCUT2D eigenvalue weighted by molar-refractivity contribution is -0.274. The van der Waals surface area contributed by atoms with Gasteiger partial charge < -0.3 is 14.9 Å². The summed E-state index contributed by atoms with van der Waals surface area (Å²) in [6.45, 7) is -0.331. The van der Waals surface area contributed by atoms with Gasteiger partial charge in [0, 0.05) is 35.2 Å². The molecule has 0 saturated carbocycles. The first-order valence-corrected chi connectivity index (χ1v) is 12.6. The Bertz CT molecular complexity index is 1440. The van der Waals surface area contributed by atoms with Crippen molar-refractivity contribution in [3.63, 3.8) is 0 Å². The zero-order valence-electron chi connectivity index (χ0n) is 19.8. The van der Waals surface area contributed by atoms with E-state index in [1.165, 1.54) is 0 Å². The number of likely N-dealkylation sites (tertiary alicyclic amines) is 1. The van der Waals surface area contributed by atoms with Gasteiger partial charge in [-0.15, -0.1) is 13.2 Å². The Morgan fingerprint density at radius 2 is 1.85 bits per heavy atom. The van der Waals surface area contributed by atoms with Gasteiger partial charge in [-0.2, -0.15) is 0 Å². The van der Waals surface area contributed by atoms with Gasteiger partial charge in [0.1, 0.15) is 11.5 Å². The summed E-state index contributed by atoms with van der Waals surface area (Å²) in [5, 5.41) is 19.8. The van der Waals surface area contributed by atoms with Gasteiger partial charge in [0.25, 0.3) is 0 Å². The van der Waals surface area contributed by atoms with Gasteiger partial charge in [0.15, 0.2) is 11.6 Å². The molecule has 2 amide bonds. The van der Waals surface area contributed by atoms with Crippen molar-refractivity contribution in [2.24, 2.45) is 17.8 Å². The van der Waals surface area contributed by atoms with Crippen molar-refractivity contribution in [1.29, 1.82) is 0 Å². The molecule has 0 aromatic heterocycles. The molecule has 1 aromatic rings. The fourth-order valence-corrected chi connectivity index (χ4v) is 6.46. The van der Waals surface area contributed by atoms with Crippen LogP contribution in [0.15, 0.2) is 51.6 Å². The van der Waals surface area contributed by atoms with Crippen LogP contribution in [0.1, 0.15) is 30.7 Å². The average molecular weight is 610 g/mol. The monoisotopic (exact) mass is 609 g/mol. The summed E-state index contributed by atoms with van der Waals surface area (Å²) >= 11 is 3.06. The lowest BCUT2D eigenvalue weighted by atomic mass is 9.59. The number of alkyl halides is 3. The first kappa shape index (κ1) is 26.9. The molecule has 0 unspecified atom stereocenters. The molecule has 5 rings (SSSR count). The molecule has 0 radical (unpaired) electrons. The van der Waals surface area contributed by atoms with E-state index in [1.54, 1.807) is 6.08 Å². The number of phenolic OH excluding ortho intramolecular Hbond substituents is 1. The van der Waals surface area contributed by atoms with E-state index >= 15 is 0 Å². The second-order valence-corrected chi connectivity index (χ2v) is 10.5. The predicted octanol–water partition coefficient (Wildman–Crippen LogP) is 3.53. The number of ketones is 2. The van der Waals surface area contributed by atoms with Crippen LogP contribution in [0.3, 0.4) is 0 Å². The Balaban J connectivity index is 1.64. The molecule has 4 atom stereocenters. The third kappa shape index (κ3) is 4.58. The minimum atomic E-state index is -5.04. The summed E-state index contributed by atoms with van der Waals surface area (Å²) in [6.07, 6.45) is -2.88. The molecular formula is C26H19BrF3NO8. The molecule has 0 spiro atoms. The lowest BCUT2D eigenvalue weighted by Crippen LogP contribution is -2.39. The zero-order chi connectivity index (χ0) is 28.4. The van der Waals surface area contributed by atoms with Gasteiger partial charge in [-0.1, -0.05) is 11.6 Å². The molecule has 204 valence electrons. The highest BCUT2D eigenvalue weighted by Gasteiger charge is 2.56. The van der Waals surface area contributed by atoms with Gasteiger partial charge in [0.05, 0.1) is 22.7 Å². The number of amides is 2. The molecular weight excluding hydrogens is 591 g/mol. The number of carboxylic acids is 1. The highest BCUT2D eigenvalue weighted by molar-refractivity contribution is 9.12. The maximum absolute atomic E-state index is 13.4. The number of phenols is 1. The van der Waals surface area contributed by atoms with Crippen LogP contribution in [-0.4, -0.2) is 57.4 Å². The quantitative estimate of drug-likeness (QED) is 0.294. The van der Waals surface area contributed by atoms with Crippen LogP contribution in [0.2, 0.25) is 0 Å². The van der Waals surface area contributed by atoms with Crippen molar-refractivity contribution < 1.29 is 52.1 Å². The van der Waals surface area contributed by atoms with E-state index in [-0.39, 0.29) is 40.6 Å². The fraction of sp³-hybridized carbons (Fsp3) is 0.346. The number of fused-ring (bicyclic) bond motifs is 3. The Morgan fingerprint density at radius 3 is 2.51 bits per heavy atom. The Morgan fingerprint density at radius 1 is 1.13 bits per heavy atom. The number of allylic oxidation sites excluding steroid dienone is 6. The molecule has 13 heteroatoms. The van der Waals surface area contributed by atoms with Crippen molar-refractivity contribution >= 4 is 45.3 Å². The van der Waals surface area contributed by atoms with Crippen LogP contribution in [0.25, 0.3) is 0 Å². The van der Waals surface area contributed by atoms with E-state index in [9.17, 15) is 42.3 Å². The molecule has 1 fully saturated rings. The number of aliphatic carboxylic acids is 1. The molecule has 1 saturated heterocycles. The number of Topliss-reactive ketones (excluding diaryl/α,β-unsaturated/α-hetero) is 1. The Labute approximate surface area is 226 Å². The van der Waals surface area contributed by atoms with Crippen LogP contribution in [-0.2, 0) is 24.0 Å². The summed E-state index contributed by atoms with van der Waals surface area (Å²) in [5.74, 6) is -8.45. The standard InChI is InChI=1S/C26H19BrF3NO8/c27-16-9-18(33)22-15(23(16)36)8-13-11(20(22)14-7-10(1-4-17(14)32)39-26(28,29)30)2-3-12-21(13)25(38)31(24(12)37)6-5-19(34)35/h1-2,4,7,9,12-13,20-21,32H,3,5-6,8H2,(H,34,35)/t12-,13+,20+,21-/m0/s1. The topological polar surface area (TPSA) is 138 Å². The second kappa shape index (κ2) is 9.47. The maximum atomic E-state index is 13.4. The molecule has 0 bridgehead atoms. The Hall–Kier alpha value is -3.74. The summed E-state index contributed by atoms with van der Waals surface area (Å²) in [6, 6.07) is 2.81. The average Bonchev–Trinajstić information content (AvgIpc) is 3.09. The number of rotatable bonds is 5. The number of hydrogen-bond donors (Lipinski definition) is 2. The number of halogens is 4. The number of imide groups is 1. The number of ether oxygens (including phenoxy) is 1. The van der Waals surface area contributed by atoms with E-state index < -0.39 is 77.3 Å². The summed E-state index contributed by atoms with van der Waals surface area (Å²) in [7, 11) is 0. The highest BCUT2D eigenvalue weighted by Crippen LogP contribution is 2.56. The minimum Gasteiger partial charge on any atom is -0.508 e. The number of carbonyl (C=O) groups excluding carboxylic acids is 4. The van der Waals surface area contributed by atoms with E-state index in [1.807, 2.05) is 0 Å². The van der Waals surface area contributed by atoms with Crippen LogP contribution >= 0.6 is 15.9 Å². The number of carbonyl (C=O) groups is 5. The molecule has 2 N–H and O–H groups in total. The molecule has 1 aliphatic heterocycles. The number of benzene rings is 1. The zero-order valence-corrected chi connectivity index (χ0v) is 21.4. The summed E-state index contributed by atoms with van der Waals surface area (Å²) < 4.78 is 42.8. The van der Waals surface area contributed by atoms with Crippen molar-refractivity contribution in [2.45, 2.75) is 31.5 Å². The van der Waals surface area contributed by atoms with Crippen LogP contribution < -0.4 is 4.74 Å². The Kier molecular flexibility index (Phi) is 6.52. The first-order chi connectivity index (χ1) is 18.3. The van der Waals surface area contributed by atoms with Gasteiger partial charge >= 0.3 is 12.3 Å². The number of aromatic hydroxyl groups is 1. The molecule has 3 aliphatic carbocycles. The van der Waals surface area contributed by atoms with Crippen molar-refractivity contribution in [1.82, 2.24) is 4.90 Å². The lowest BCUT2D eigenvalue weighted by Gasteiger charge is -2.42. The number of nitrogens with zero attached hydrogens (tertiary/aromatic N) is 1. The van der Waals surface area contributed by atoms with Crippen molar-refractivity contribution in [2.75, 3.05) is 6.54 Å². The molecule has 4 aliphatic rings. The van der Waals surface area contributed by atoms with Crippen LogP contribution in [0.4, 0.5) is 13.2 Å². The number of hydrogen-bond acceptors (Lipinski definition) is 7. The molecule has 1 aromatic carbocycles. The maximum Gasteiger partial charge on any atom is 0.573 e. The third-order valence-electron chi connectivity index (χ3n) is 7.52. The SMILES string of the molecule is O=C(O)CCN1C(=O)[C@H]2[C@H](CC=C3[C@H](c4cc(OC(F)(F)F)ccc4O)C4=C(C[C@H]32)C(=O)C(Br)=CC4=O)C1=O. The normalized spacial score (nSPS) is 26.6. The van der Waals surface area contributed by atoms with Crippen LogP contribution in [0.5, 0.6) is 11.5 Å². The van der Waals surface area contributed by atoms with E-state index in [2.05, 4.69) is 20.7 Å². The minimum absolute atomic E-state index is 0.0213. The van der Waals surface area contributed by atoms with Crippen molar-refractivity contribution in [3.05, 3.63) is 57.1 Å². The first-order valence-electron chi connectivity index (χ1n) is 11.8. The van der Waals surface area contributed by atoms with Gasteiger partial charge in [0.2, 0.25) is 11.8 Å². The highest BCUT2D eigenvalue weighted by atomic mass is 79.9. The van der Waals surface area contributed by atoms with Crippen LogP contribution in [0, 0.1) is 17.8 Å². The summed E-state index contributed by atoms with van der Waals surface area (Å²) in [5.41, 5.74) is 0.255. The van der Waals surface area contributed by atoms with E-state index in [0.29, 0.717) is 5.57 Å². The largest absolute Gasteiger partial charge is 0.573 e. The molecule has 9 nitrogen and oxygen atoms in total. The third-order valence-corrected chi connectivity index (χ3v) is 8.10. The van der Waals surface area contributed by atoms with Gasteiger partial charge in [-0.25, -0.2) is 0 Å². The molecule has 39 heavy (non-hydrogen) atoms. The summed E-state index contributed by atoms with van der Waals surface area (Å²) in [4.78, 5) is 64.8. The van der Waals surface area contributed by atoms with Gasteiger partial charge in [-0.05, 0) is 52.9 Å². The fourth-order valence-electron chi connectivity index (χ4n) is 6.02. The molecule has 1 heterocycles. The van der Waals surface area contributed by atoms with E-state index in [0.717, 1.165) is 29.2 Å².